The van der Waals surface area contributed by atoms with Crippen LogP contribution in [-0.4, -0.2) is 52.0 Å². The van der Waals surface area contributed by atoms with Gasteiger partial charge in [0.05, 0.1) is 12.6 Å². The second kappa shape index (κ2) is 7.31. The third-order valence-corrected chi connectivity index (χ3v) is 5.35. The second-order valence-corrected chi connectivity index (χ2v) is 6.99. The molecule has 0 bridgehead atoms. The average Bonchev–Trinajstić information content (AvgIpc) is 2.72. The van der Waals surface area contributed by atoms with E-state index in [9.17, 15) is 14.4 Å². The molecule has 4 rings (SSSR count). The number of fused-ring (bicyclic) bond motifs is 3. The summed E-state index contributed by atoms with van der Waals surface area (Å²) in [6.07, 6.45) is 4.20. The zero-order chi connectivity index (χ0) is 18.8. The number of amides is 2. The van der Waals surface area contributed by atoms with Gasteiger partial charge in [0.15, 0.2) is 5.78 Å². The lowest BCUT2D eigenvalue weighted by molar-refractivity contribution is -0.149. The normalized spacial score (nSPS) is 18.7. The fourth-order valence-electron chi connectivity index (χ4n) is 3.92. The van der Waals surface area contributed by atoms with Crippen molar-refractivity contribution in [1.29, 1.82) is 0 Å². The van der Waals surface area contributed by atoms with Crippen LogP contribution in [0.5, 0.6) is 0 Å². The molecule has 6 heteroatoms. The molecule has 0 saturated carbocycles. The molecule has 0 N–H and O–H groups in total. The first-order valence-corrected chi connectivity index (χ1v) is 9.22. The molecule has 6 nitrogen and oxygen atoms in total. The van der Waals surface area contributed by atoms with E-state index in [-0.39, 0.29) is 43.0 Å². The molecule has 2 aromatic rings. The number of Topliss-reactive ketones (excluding diaryl/α,β-unsaturated/α-hetero) is 1. The molecule has 0 radical (unpaired) electrons. The summed E-state index contributed by atoms with van der Waals surface area (Å²) in [5, 5.41) is 0. The van der Waals surface area contributed by atoms with Gasteiger partial charge in [-0.25, -0.2) is 0 Å². The molecule has 1 atom stereocenters. The number of ketones is 1. The average molecular weight is 363 g/mol. The maximum absolute atomic E-state index is 12.7. The first kappa shape index (κ1) is 17.4. The van der Waals surface area contributed by atoms with Crippen LogP contribution < -0.4 is 0 Å². The molecule has 138 valence electrons. The number of carbonyl (C=O) groups excluding carboxylic acids is 3. The number of hydrogen-bond acceptors (Lipinski definition) is 4. The van der Waals surface area contributed by atoms with Crippen molar-refractivity contribution in [2.75, 3.05) is 19.6 Å². The minimum Gasteiger partial charge on any atom is -0.332 e. The molecule has 1 aromatic heterocycles. The van der Waals surface area contributed by atoms with Crippen molar-refractivity contribution < 1.29 is 14.4 Å². The third-order valence-electron chi connectivity index (χ3n) is 5.35. The van der Waals surface area contributed by atoms with Gasteiger partial charge in [0, 0.05) is 43.9 Å². The quantitative estimate of drug-likeness (QED) is 0.779. The van der Waals surface area contributed by atoms with E-state index in [1.54, 1.807) is 23.2 Å². The van der Waals surface area contributed by atoms with E-state index in [1.165, 1.54) is 11.8 Å². The van der Waals surface area contributed by atoms with Gasteiger partial charge in [-0.1, -0.05) is 24.3 Å². The Morgan fingerprint density at radius 3 is 2.78 bits per heavy atom. The number of nitrogens with zero attached hydrogens (tertiary/aromatic N) is 3. The van der Waals surface area contributed by atoms with Gasteiger partial charge >= 0.3 is 0 Å². The van der Waals surface area contributed by atoms with Crippen molar-refractivity contribution in [2.24, 2.45) is 0 Å². The molecule has 1 unspecified atom stereocenters. The molecule has 2 aliphatic heterocycles. The van der Waals surface area contributed by atoms with Crippen LogP contribution >= 0.6 is 0 Å². The summed E-state index contributed by atoms with van der Waals surface area (Å²) in [6, 6.07) is 11.4. The number of benzene rings is 1. The smallest absolute Gasteiger partial charge is 0.242 e. The van der Waals surface area contributed by atoms with Gasteiger partial charge in [-0.2, -0.15) is 0 Å². The zero-order valence-electron chi connectivity index (χ0n) is 15.0. The monoisotopic (exact) mass is 363 g/mol. The lowest BCUT2D eigenvalue weighted by Crippen LogP contribution is -2.55. The molecule has 3 heterocycles. The molecular weight excluding hydrogens is 342 g/mol. The molecule has 1 aromatic carbocycles. The standard InChI is InChI=1S/C21H21N3O3/c25-19(16-5-3-10-22-12-16)7-8-20(26)23-13-18-17-6-2-1-4-15(17)9-11-24(18)21(27)14-23/h1-6,10,12,18H,7-9,11,13-14H2. The Hall–Kier alpha value is -3.02. The SMILES string of the molecule is O=C(CCC(=O)N1CC(=O)N2CCc3ccccc3C2C1)c1cccnc1. The number of pyridine rings is 1. The number of aromatic nitrogens is 1. The summed E-state index contributed by atoms with van der Waals surface area (Å²) in [4.78, 5) is 44.8. The predicted octanol–water partition coefficient (Wildman–Crippen LogP) is 2.01. The summed E-state index contributed by atoms with van der Waals surface area (Å²) < 4.78 is 0. The zero-order valence-corrected chi connectivity index (χ0v) is 15.0. The van der Waals surface area contributed by atoms with Crippen LogP contribution in [0.25, 0.3) is 0 Å². The Kier molecular flexibility index (Phi) is 4.71. The predicted molar refractivity (Wildman–Crippen MR) is 99.0 cm³/mol. The van der Waals surface area contributed by atoms with Crippen molar-refractivity contribution in [3.05, 3.63) is 65.5 Å². The van der Waals surface area contributed by atoms with E-state index in [1.807, 2.05) is 23.1 Å². The van der Waals surface area contributed by atoms with Crippen LogP contribution in [0.2, 0.25) is 0 Å². The summed E-state index contributed by atoms with van der Waals surface area (Å²) in [7, 11) is 0. The highest BCUT2D eigenvalue weighted by Gasteiger charge is 2.38. The fraction of sp³-hybridized carbons (Fsp3) is 0.333. The fourth-order valence-corrected chi connectivity index (χ4v) is 3.92. The van der Waals surface area contributed by atoms with E-state index in [4.69, 9.17) is 0 Å². The number of carbonyl (C=O) groups is 3. The molecule has 0 aliphatic carbocycles. The number of piperazine rings is 1. The van der Waals surface area contributed by atoms with Crippen molar-refractivity contribution in [3.63, 3.8) is 0 Å². The summed E-state index contributed by atoms with van der Waals surface area (Å²) >= 11 is 0. The lowest BCUT2D eigenvalue weighted by Gasteiger charge is -2.44. The van der Waals surface area contributed by atoms with Gasteiger partial charge in [-0.3, -0.25) is 19.4 Å². The van der Waals surface area contributed by atoms with Gasteiger partial charge in [-0.15, -0.1) is 0 Å². The highest BCUT2D eigenvalue weighted by molar-refractivity contribution is 5.98. The molecule has 27 heavy (non-hydrogen) atoms. The van der Waals surface area contributed by atoms with Crippen molar-refractivity contribution in [3.8, 4) is 0 Å². The molecule has 1 fully saturated rings. The summed E-state index contributed by atoms with van der Waals surface area (Å²) in [6.45, 7) is 1.28. The van der Waals surface area contributed by atoms with Crippen LogP contribution in [0.3, 0.4) is 0 Å². The van der Waals surface area contributed by atoms with E-state index >= 15 is 0 Å². The Bertz CT molecular complexity index is 881. The maximum atomic E-state index is 12.7. The van der Waals surface area contributed by atoms with Gasteiger partial charge < -0.3 is 9.80 Å². The maximum Gasteiger partial charge on any atom is 0.242 e. The minimum absolute atomic E-state index is 0.0207. The number of hydrogen-bond donors (Lipinski definition) is 0. The molecular formula is C21H21N3O3. The number of rotatable bonds is 4. The van der Waals surface area contributed by atoms with Crippen LogP contribution in [-0.2, 0) is 16.0 Å². The van der Waals surface area contributed by atoms with E-state index in [0.29, 0.717) is 18.7 Å². The van der Waals surface area contributed by atoms with Crippen LogP contribution in [0.15, 0.2) is 48.8 Å². The Morgan fingerprint density at radius 1 is 1.11 bits per heavy atom. The second-order valence-electron chi connectivity index (χ2n) is 6.99. The summed E-state index contributed by atoms with van der Waals surface area (Å²) in [5.41, 5.74) is 2.88. The Balaban J connectivity index is 1.43. The van der Waals surface area contributed by atoms with Crippen molar-refractivity contribution in [2.45, 2.75) is 25.3 Å². The molecule has 2 amide bonds. The first-order valence-electron chi connectivity index (χ1n) is 9.22. The van der Waals surface area contributed by atoms with Crippen LogP contribution in [0, 0.1) is 0 Å². The van der Waals surface area contributed by atoms with E-state index in [2.05, 4.69) is 11.1 Å². The van der Waals surface area contributed by atoms with E-state index in [0.717, 1.165) is 12.0 Å². The molecule has 1 saturated heterocycles. The van der Waals surface area contributed by atoms with Gasteiger partial charge in [0.1, 0.15) is 0 Å². The van der Waals surface area contributed by atoms with E-state index < -0.39 is 0 Å². The third kappa shape index (κ3) is 3.47. The molecule has 2 aliphatic rings. The lowest BCUT2D eigenvalue weighted by atomic mass is 9.90. The Labute approximate surface area is 157 Å². The van der Waals surface area contributed by atoms with Crippen LogP contribution in [0.1, 0.15) is 40.4 Å². The van der Waals surface area contributed by atoms with Crippen molar-refractivity contribution in [1.82, 2.24) is 14.8 Å². The van der Waals surface area contributed by atoms with Gasteiger partial charge in [0.25, 0.3) is 0 Å². The highest BCUT2D eigenvalue weighted by atomic mass is 16.2. The minimum atomic E-state index is -0.150. The first-order chi connectivity index (χ1) is 13.1. The van der Waals surface area contributed by atoms with Crippen LogP contribution in [0.4, 0.5) is 0 Å². The summed E-state index contributed by atoms with van der Waals surface area (Å²) in [5.74, 6) is -0.277. The largest absolute Gasteiger partial charge is 0.332 e. The highest BCUT2D eigenvalue weighted by Crippen LogP contribution is 2.33. The van der Waals surface area contributed by atoms with Gasteiger partial charge in [0.2, 0.25) is 11.8 Å². The topological polar surface area (TPSA) is 70.6 Å². The van der Waals surface area contributed by atoms with Gasteiger partial charge in [-0.05, 0) is 29.7 Å². The molecule has 0 spiro atoms. The van der Waals surface area contributed by atoms with Crippen molar-refractivity contribution >= 4 is 17.6 Å². The Morgan fingerprint density at radius 2 is 1.96 bits per heavy atom.